The Morgan fingerprint density at radius 3 is 2.54 bits per heavy atom. The van der Waals surface area contributed by atoms with Crippen molar-refractivity contribution in [3.05, 3.63) is 47.9 Å². The molecule has 7 nitrogen and oxygen atoms in total. The number of benzene rings is 1. The summed E-state index contributed by atoms with van der Waals surface area (Å²) in [6.07, 6.45) is 1.52. The van der Waals surface area contributed by atoms with Gasteiger partial charge in [0.2, 0.25) is 5.76 Å². The minimum absolute atomic E-state index is 0.149. The van der Waals surface area contributed by atoms with Crippen LogP contribution in [0.25, 0.3) is 11.5 Å². The van der Waals surface area contributed by atoms with Crippen LogP contribution in [-0.4, -0.2) is 25.3 Å². The summed E-state index contributed by atoms with van der Waals surface area (Å²) in [7, 11) is 3.09. The molecule has 1 aromatic carbocycles. The largest absolute Gasteiger partial charge is 0.493 e. The Morgan fingerprint density at radius 1 is 1.12 bits per heavy atom. The molecule has 0 atom stereocenters. The smallest absolute Gasteiger partial charge is 0.277 e. The Morgan fingerprint density at radius 2 is 1.88 bits per heavy atom. The molecule has 0 aliphatic heterocycles. The molecule has 124 valence electrons. The maximum absolute atomic E-state index is 12.4. The monoisotopic (exact) mass is 328 g/mol. The van der Waals surface area contributed by atoms with E-state index in [1.807, 2.05) is 6.92 Å². The fourth-order valence-corrected chi connectivity index (χ4v) is 2.22. The number of amides is 1. The molecule has 1 amide bonds. The third-order valence-electron chi connectivity index (χ3n) is 3.49. The normalized spacial score (nSPS) is 10.5. The summed E-state index contributed by atoms with van der Waals surface area (Å²) in [6.45, 7) is 1.86. The second-order valence-electron chi connectivity index (χ2n) is 5.03. The molecule has 0 fully saturated rings. The SMILES string of the molecule is COc1cc(C)c(NC(=O)c2cc(-c3ccco3)on2)cc1OC. The molecule has 2 aromatic heterocycles. The number of anilines is 1. The van der Waals surface area contributed by atoms with Crippen LogP contribution >= 0.6 is 0 Å². The van der Waals surface area contributed by atoms with Gasteiger partial charge in [-0.1, -0.05) is 5.16 Å². The first-order chi connectivity index (χ1) is 11.6. The van der Waals surface area contributed by atoms with Crippen LogP contribution in [0.15, 0.2) is 45.5 Å². The fourth-order valence-electron chi connectivity index (χ4n) is 2.22. The van der Waals surface area contributed by atoms with Crippen molar-refractivity contribution in [1.29, 1.82) is 0 Å². The van der Waals surface area contributed by atoms with Crippen LogP contribution in [0.1, 0.15) is 16.1 Å². The predicted molar refractivity (Wildman–Crippen MR) is 86.4 cm³/mol. The van der Waals surface area contributed by atoms with Gasteiger partial charge in [0.05, 0.1) is 20.5 Å². The highest BCUT2D eigenvalue weighted by molar-refractivity contribution is 6.03. The average molecular weight is 328 g/mol. The van der Waals surface area contributed by atoms with Crippen molar-refractivity contribution in [3.8, 4) is 23.0 Å². The number of nitrogens with zero attached hydrogens (tertiary/aromatic N) is 1. The molecule has 0 aliphatic carbocycles. The lowest BCUT2D eigenvalue weighted by Gasteiger charge is -2.13. The predicted octanol–water partition coefficient (Wildman–Crippen LogP) is 3.51. The Kier molecular flexibility index (Phi) is 4.24. The van der Waals surface area contributed by atoms with Gasteiger partial charge in [0.1, 0.15) is 0 Å². The number of methoxy groups -OCH3 is 2. The molecule has 2 heterocycles. The van der Waals surface area contributed by atoms with E-state index in [-0.39, 0.29) is 5.69 Å². The van der Waals surface area contributed by atoms with Crippen LogP contribution in [0.5, 0.6) is 11.5 Å². The summed E-state index contributed by atoms with van der Waals surface area (Å²) in [4.78, 5) is 12.4. The lowest BCUT2D eigenvalue weighted by Crippen LogP contribution is -2.13. The molecular weight excluding hydrogens is 312 g/mol. The minimum Gasteiger partial charge on any atom is -0.493 e. The zero-order chi connectivity index (χ0) is 17.1. The van der Waals surface area contributed by atoms with Crippen LogP contribution in [0.2, 0.25) is 0 Å². The van der Waals surface area contributed by atoms with Gasteiger partial charge in [-0.25, -0.2) is 0 Å². The van der Waals surface area contributed by atoms with Crippen molar-refractivity contribution in [2.24, 2.45) is 0 Å². The van der Waals surface area contributed by atoms with Gasteiger partial charge in [-0.15, -0.1) is 0 Å². The van der Waals surface area contributed by atoms with Gasteiger partial charge in [0.15, 0.2) is 23.0 Å². The highest BCUT2D eigenvalue weighted by atomic mass is 16.5. The van der Waals surface area contributed by atoms with Gasteiger partial charge in [0.25, 0.3) is 5.91 Å². The van der Waals surface area contributed by atoms with Crippen LogP contribution in [0.3, 0.4) is 0 Å². The average Bonchev–Trinajstić information content (AvgIpc) is 3.27. The summed E-state index contributed by atoms with van der Waals surface area (Å²) in [5.74, 6) is 1.61. The zero-order valence-electron chi connectivity index (χ0n) is 13.5. The zero-order valence-corrected chi connectivity index (χ0v) is 13.5. The quantitative estimate of drug-likeness (QED) is 0.771. The molecule has 0 radical (unpaired) electrons. The van der Waals surface area contributed by atoms with E-state index < -0.39 is 5.91 Å². The highest BCUT2D eigenvalue weighted by Gasteiger charge is 2.17. The minimum atomic E-state index is -0.396. The van der Waals surface area contributed by atoms with E-state index in [4.69, 9.17) is 18.4 Å². The van der Waals surface area contributed by atoms with Gasteiger partial charge >= 0.3 is 0 Å². The molecule has 0 saturated heterocycles. The molecule has 24 heavy (non-hydrogen) atoms. The first-order valence-electron chi connectivity index (χ1n) is 7.17. The van der Waals surface area contributed by atoms with E-state index in [0.29, 0.717) is 28.7 Å². The number of ether oxygens (including phenoxy) is 2. The Labute approximate surface area is 138 Å². The van der Waals surface area contributed by atoms with Crippen LogP contribution in [0, 0.1) is 6.92 Å². The molecular formula is C17H16N2O5. The Balaban J connectivity index is 1.82. The number of hydrogen-bond donors (Lipinski definition) is 1. The van der Waals surface area contributed by atoms with Gasteiger partial charge in [0, 0.05) is 17.8 Å². The first kappa shape index (κ1) is 15.7. The van der Waals surface area contributed by atoms with Crippen LogP contribution < -0.4 is 14.8 Å². The molecule has 3 aromatic rings. The molecule has 3 rings (SSSR count). The summed E-state index contributed by atoms with van der Waals surface area (Å²) < 4.78 is 20.8. The van der Waals surface area contributed by atoms with Crippen molar-refractivity contribution in [3.63, 3.8) is 0 Å². The van der Waals surface area contributed by atoms with Crippen molar-refractivity contribution in [2.45, 2.75) is 6.92 Å². The number of hydrogen-bond acceptors (Lipinski definition) is 6. The summed E-state index contributed by atoms with van der Waals surface area (Å²) in [6, 6.07) is 8.45. The lowest BCUT2D eigenvalue weighted by molar-refractivity contribution is 0.101. The van der Waals surface area contributed by atoms with Crippen molar-refractivity contribution < 1.29 is 23.2 Å². The molecule has 0 bridgehead atoms. The van der Waals surface area contributed by atoms with Crippen LogP contribution in [0.4, 0.5) is 5.69 Å². The molecule has 1 N–H and O–H groups in total. The van der Waals surface area contributed by atoms with Crippen LogP contribution in [-0.2, 0) is 0 Å². The number of furan rings is 1. The van der Waals surface area contributed by atoms with E-state index in [0.717, 1.165) is 5.56 Å². The third-order valence-corrected chi connectivity index (χ3v) is 3.49. The number of aryl methyl sites for hydroxylation is 1. The first-order valence-corrected chi connectivity index (χ1v) is 7.17. The lowest BCUT2D eigenvalue weighted by atomic mass is 10.1. The third kappa shape index (κ3) is 2.96. The van der Waals surface area contributed by atoms with E-state index in [9.17, 15) is 4.79 Å². The van der Waals surface area contributed by atoms with E-state index in [2.05, 4.69) is 10.5 Å². The Hall–Kier alpha value is -3.22. The topological polar surface area (TPSA) is 86.7 Å². The summed E-state index contributed by atoms with van der Waals surface area (Å²) >= 11 is 0. The highest BCUT2D eigenvalue weighted by Crippen LogP contribution is 2.33. The van der Waals surface area contributed by atoms with Crippen molar-refractivity contribution in [2.75, 3.05) is 19.5 Å². The van der Waals surface area contributed by atoms with E-state index in [1.54, 1.807) is 31.4 Å². The molecule has 0 unspecified atom stereocenters. The number of rotatable bonds is 5. The molecule has 7 heteroatoms. The molecule has 0 aliphatic rings. The van der Waals surface area contributed by atoms with Gasteiger partial charge in [-0.3, -0.25) is 4.79 Å². The van der Waals surface area contributed by atoms with Gasteiger partial charge in [-0.2, -0.15) is 0 Å². The number of aromatic nitrogens is 1. The fraction of sp³-hybridized carbons (Fsp3) is 0.176. The number of nitrogens with one attached hydrogen (secondary N) is 1. The van der Waals surface area contributed by atoms with Gasteiger partial charge < -0.3 is 23.7 Å². The maximum atomic E-state index is 12.4. The van der Waals surface area contributed by atoms with Crippen molar-refractivity contribution >= 4 is 11.6 Å². The summed E-state index contributed by atoms with van der Waals surface area (Å²) in [5.41, 5.74) is 1.58. The van der Waals surface area contributed by atoms with Gasteiger partial charge in [-0.05, 0) is 30.7 Å². The Bertz CT molecular complexity index is 852. The summed E-state index contributed by atoms with van der Waals surface area (Å²) in [5, 5.41) is 6.55. The van der Waals surface area contributed by atoms with Crippen molar-refractivity contribution in [1.82, 2.24) is 5.16 Å². The molecule has 0 saturated carbocycles. The maximum Gasteiger partial charge on any atom is 0.277 e. The molecule has 0 spiro atoms. The van der Waals surface area contributed by atoms with E-state index >= 15 is 0 Å². The number of carbonyl (C=O) groups is 1. The standard InChI is InChI=1S/C17H16N2O5/c1-10-7-14(21-2)15(22-3)8-11(10)18-17(20)12-9-16(24-19-12)13-5-4-6-23-13/h4-9H,1-3H3,(H,18,20). The second-order valence-corrected chi connectivity index (χ2v) is 5.03. The second kappa shape index (κ2) is 6.49. The number of carbonyl (C=O) groups excluding carboxylic acids is 1. The van der Waals surface area contributed by atoms with E-state index in [1.165, 1.54) is 19.4 Å².